The molecule has 1 N–H and O–H groups in total. The van der Waals surface area contributed by atoms with Crippen LogP contribution >= 0.6 is 11.6 Å². The number of hydrogen-bond acceptors (Lipinski definition) is 2. The highest BCUT2D eigenvalue weighted by Crippen LogP contribution is 2.12. The van der Waals surface area contributed by atoms with E-state index in [1.807, 2.05) is 6.92 Å². The Morgan fingerprint density at radius 1 is 1.71 bits per heavy atom. The molecule has 0 spiro atoms. The summed E-state index contributed by atoms with van der Waals surface area (Å²) in [5.41, 5.74) is 0. The average Bonchev–Trinajstić information content (AvgIpc) is 2.64. The van der Waals surface area contributed by atoms with E-state index < -0.39 is 0 Å². The van der Waals surface area contributed by atoms with Crippen molar-refractivity contribution < 1.29 is 9.53 Å². The van der Waals surface area contributed by atoms with Crippen LogP contribution in [0.1, 0.15) is 26.2 Å². The van der Waals surface area contributed by atoms with Gasteiger partial charge in [-0.3, -0.25) is 4.79 Å². The number of nitrogens with one attached hydrogen (secondary N) is 1. The summed E-state index contributed by atoms with van der Waals surface area (Å²) in [6.07, 6.45) is 2.75. The zero-order valence-corrected chi connectivity index (χ0v) is 9.35. The Kier molecular flexibility index (Phi) is 5.26. The van der Waals surface area contributed by atoms with Crippen LogP contribution in [0, 0.1) is 5.92 Å². The van der Waals surface area contributed by atoms with Crippen LogP contribution in [-0.4, -0.2) is 31.0 Å². The zero-order chi connectivity index (χ0) is 10.4. The number of carbonyl (C=O) groups excluding carboxylic acids is 1. The van der Waals surface area contributed by atoms with Gasteiger partial charge in [-0.1, -0.05) is 0 Å². The van der Waals surface area contributed by atoms with E-state index in [2.05, 4.69) is 5.32 Å². The lowest BCUT2D eigenvalue weighted by Crippen LogP contribution is -2.31. The first-order chi connectivity index (χ1) is 6.70. The normalized spacial score (nSPS) is 23.4. The van der Waals surface area contributed by atoms with Crippen LogP contribution in [0.5, 0.6) is 0 Å². The molecule has 1 amide bonds. The van der Waals surface area contributed by atoms with Crippen molar-refractivity contribution in [1.82, 2.24) is 5.32 Å². The largest absolute Gasteiger partial charge is 0.381 e. The van der Waals surface area contributed by atoms with Crippen molar-refractivity contribution in [3.8, 4) is 0 Å². The molecule has 1 aliphatic heterocycles. The summed E-state index contributed by atoms with van der Waals surface area (Å²) >= 11 is 5.79. The summed E-state index contributed by atoms with van der Waals surface area (Å²) in [6, 6.07) is 0. The fraction of sp³-hybridized carbons (Fsp3) is 0.900. The van der Waals surface area contributed by atoms with Crippen molar-refractivity contribution in [3.05, 3.63) is 0 Å². The Hall–Kier alpha value is -0.280. The van der Waals surface area contributed by atoms with Crippen molar-refractivity contribution in [2.24, 2.45) is 5.92 Å². The molecule has 1 saturated heterocycles. The lowest BCUT2D eigenvalue weighted by Gasteiger charge is -2.09. The SMILES string of the molecule is CC(Cl)CCCNC(=O)C1CCOC1. The van der Waals surface area contributed by atoms with Crippen LogP contribution in [0.2, 0.25) is 0 Å². The van der Waals surface area contributed by atoms with Crippen LogP contribution in [0.4, 0.5) is 0 Å². The minimum atomic E-state index is 0.0726. The van der Waals surface area contributed by atoms with Gasteiger partial charge in [0.05, 0.1) is 12.5 Å². The summed E-state index contributed by atoms with van der Waals surface area (Å²) in [4.78, 5) is 11.5. The van der Waals surface area contributed by atoms with Crippen molar-refractivity contribution >= 4 is 17.5 Å². The third-order valence-corrected chi connectivity index (χ3v) is 2.60. The van der Waals surface area contributed by atoms with Gasteiger partial charge in [-0.25, -0.2) is 0 Å². The number of ether oxygens (including phenoxy) is 1. The molecule has 4 heteroatoms. The van der Waals surface area contributed by atoms with Crippen molar-refractivity contribution in [2.45, 2.75) is 31.6 Å². The number of hydrogen-bond donors (Lipinski definition) is 1. The second kappa shape index (κ2) is 6.25. The van der Waals surface area contributed by atoms with Crippen LogP contribution in [-0.2, 0) is 9.53 Å². The highest BCUT2D eigenvalue weighted by atomic mass is 35.5. The molecule has 1 aliphatic rings. The standard InChI is InChI=1S/C10H18ClNO2/c1-8(11)3-2-5-12-10(13)9-4-6-14-7-9/h8-9H,2-7H2,1H3,(H,12,13). The molecule has 0 aromatic rings. The molecule has 1 rings (SSSR count). The van der Waals surface area contributed by atoms with Gasteiger partial charge in [-0.2, -0.15) is 0 Å². The molecule has 3 nitrogen and oxygen atoms in total. The maximum atomic E-state index is 11.5. The molecule has 0 aliphatic carbocycles. The van der Waals surface area contributed by atoms with E-state index in [-0.39, 0.29) is 17.2 Å². The summed E-state index contributed by atoms with van der Waals surface area (Å²) in [5.74, 6) is 0.202. The molecule has 2 atom stereocenters. The minimum Gasteiger partial charge on any atom is -0.381 e. The summed E-state index contributed by atoms with van der Waals surface area (Å²) in [6.45, 7) is 4.00. The Morgan fingerprint density at radius 2 is 2.50 bits per heavy atom. The van der Waals surface area contributed by atoms with Gasteiger partial charge in [0.15, 0.2) is 0 Å². The number of amides is 1. The zero-order valence-electron chi connectivity index (χ0n) is 8.59. The molecule has 1 fully saturated rings. The van der Waals surface area contributed by atoms with Gasteiger partial charge in [0.2, 0.25) is 5.91 Å². The Balaban J connectivity index is 2.03. The number of rotatable bonds is 5. The Morgan fingerprint density at radius 3 is 3.07 bits per heavy atom. The predicted octanol–water partition coefficient (Wildman–Crippen LogP) is 1.55. The lowest BCUT2D eigenvalue weighted by molar-refractivity contribution is -0.124. The second-order valence-electron chi connectivity index (χ2n) is 3.77. The molecule has 0 saturated carbocycles. The minimum absolute atomic E-state index is 0.0726. The number of carbonyl (C=O) groups is 1. The number of halogens is 1. The van der Waals surface area contributed by atoms with E-state index in [0.717, 1.165) is 32.4 Å². The summed E-state index contributed by atoms with van der Waals surface area (Å²) < 4.78 is 5.14. The van der Waals surface area contributed by atoms with E-state index in [1.54, 1.807) is 0 Å². The fourth-order valence-corrected chi connectivity index (χ4v) is 1.63. The monoisotopic (exact) mass is 219 g/mol. The van der Waals surface area contributed by atoms with E-state index in [9.17, 15) is 4.79 Å². The van der Waals surface area contributed by atoms with Crippen molar-refractivity contribution in [3.63, 3.8) is 0 Å². The Labute approximate surface area is 90.1 Å². The van der Waals surface area contributed by atoms with Crippen LogP contribution in [0.3, 0.4) is 0 Å². The molecule has 14 heavy (non-hydrogen) atoms. The van der Waals surface area contributed by atoms with Gasteiger partial charge in [-0.05, 0) is 26.2 Å². The van der Waals surface area contributed by atoms with Gasteiger partial charge in [0.1, 0.15) is 0 Å². The van der Waals surface area contributed by atoms with Crippen molar-refractivity contribution in [2.75, 3.05) is 19.8 Å². The average molecular weight is 220 g/mol. The molecule has 0 aromatic heterocycles. The molecule has 1 heterocycles. The van der Waals surface area contributed by atoms with E-state index in [1.165, 1.54) is 0 Å². The van der Waals surface area contributed by atoms with Gasteiger partial charge in [0, 0.05) is 18.5 Å². The van der Waals surface area contributed by atoms with Crippen LogP contribution < -0.4 is 5.32 Å². The first kappa shape index (κ1) is 11.8. The summed E-state index contributed by atoms with van der Waals surface area (Å²) in [5, 5.41) is 3.10. The van der Waals surface area contributed by atoms with Gasteiger partial charge in [-0.15, -0.1) is 11.6 Å². The summed E-state index contributed by atoms with van der Waals surface area (Å²) in [7, 11) is 0. The number of alkyl halides is 1. The topological polar surface area (TPSA) is 38.3 Å². The van der Waals surface area contributed by atoms with Crippen LogP contribution in [0.25, 0.3) is 0 Å². The van der Waals surface area contributed by atoms with E-state index >= 15 is 0 Å². The molecule has 2 unspecified atom stereocenters. The molecule has 0 radical (unpaired) electrons. The van der Waals surface area contributed by atoms with Crippen molar-refractivity contribution in [1.29, 1.82) is 0 Å². The molecule has 0 aromatic carbocycles. The van der Waals surface area contributed by atoms with Gasteiger partial charge >= 0.3 is 0 Å². The quantitative estimate of drug-likeness (QED) is 0.563. The smallest absolute Gasteiger partial charge is 0.225 e. The van der Waals surface area contributed by atoms with Gasteiger partial charge in [0.25, 0.3) is 0 Å². The molecule has 0 bridgehead atoms. The first-order valence-electron chi connectivity index (χ1n) is 5.19. The molecular formula is C10H18ClNO2. The molecular weight excluding hydrogens is 202 g/mol. The van der Waals surface area contributed by atoms with E-state index in [0.29, 0.717) is 6.61 Å². The third kappa shape index (κ3) is 4.29. The first-order valence-corrected chi connectivity index (χ1v) is 5.63. The van der Waals surface area contributed by atoms with Gasteiger partial charge < -0.3 is 10.1 Å². The third-order valence-electron chi connectivity index (χ3n) is 2.38. The van der Waals surface area contributed by atoms with Crippen LogP contribution in [0.15, 0.2) is 0 Å². The Bertz CT molecular complexity index is 179. The maximum absolute atomic E-state index is 11.5. The maximum Gasteiger partial charge on any atom is 0.225 e. The molecule has 82 valence electrons. The highest BCUT2D eigenvalue weighted by Gasteiger charge is 2.22. The second-order valence-corrected chi connectivity index (χ2v) is 4.52. The van der Waals surface area contributed by atoms with E-state index in [4.69, 9.17) is 16.3 Å². The fourth-order valence-electron chi connectivity index (χ4n) is 1.48. The predicted molar refractivity (Wildman–Crippen MR) is 56.5 cm³/mol. The lowest BCUT2D eigenvalue weighted by atomic mass is 10.1. The highest BCUT2D eigenvalue weighted by molar-refractivity contribution is 6.20.